The van der Waals surface area contributed by atoms with E-state index in [0.29, 0.717) is 25.2 Å². The van der Waals surface area contributed by atoms with E-state index in [4.69, 9.17) is 4.74 Å². The topological polar surface area (TPSA) is 41.6 Å². The van der Waals surface area contributed by atoms with Gasteiger partial charge in [-0.25, -0.2) is 0 Å². The second kappa shape index (κ2) is 5.68. The minimum absolute atomic E-state index is 0.0130. The normalized spacial score (nSPS) is 25.2. The first-order valence-electron chi connectivity index (χ1n) is 7.84. The van der Waals surface area contributed by atoms with E-state index in [2.05, 4.69) is 43.2 Å². The monoisotopic (exact) mass is 288 g/mol. The first-order valence-corrected chi connectivity index (χ1v) is 7.84. The molecule has 2 aliphatic heterocycles. The zero-order chi connectivity index (χ0) is 15.0. The van der Waals surface area contributed by atoms with Crippen LogP contribution in [-0.2, 0) is 11.2 Å². The van der Waals surface area contributed by atoms with E-state index < -0.39 is 0 Å². The first-order chi connectivity index (χ1) is 10.1. The van der Waals surface area contributed by atoms with Crippen molar-refractivity contribution in [2.75, 3.05) is 25.2 Å². The minimum atomic E-state index is 0.0130. The molecule has 2 heterocycles. The van der Waals surface area contributed by atoms with Gasteiger partial charge in [0.1, 0.15) is 0 Å². The van der Waals surface area contributed by atoms with Crippen molar-refractivity contribution < 1.29 is 9.53 Å². The molecule has 1 aromatic carbocycles. The van der Waals surface area contributed by atoms with Crippen molar-refractivity contribution in [1.29, 1.82) is 0 Å². The number of hydrogen-bond donors (Lipinski definition) is 1. The molecule has 2 atom stereocenters. The standard InChI is InChI=1S/C17H24N2O2/c1-4-15-11(2)7-13-8-12(5-6-16(13)19(15)3)17(20)18-14-9-21-10-14/h5-6,8,11,14-15H,4,7,9-10H2,1-3H3,(H,18,20)/t11?,15-/m0/s1. The highest BCUT2D eigenvalue weighted by atomic mass is 16.5. The van der Waals surface area contributed by atoms with E-state index in [1.54, 1.807) is 0 Å². The Labute approximate surface area is 126 Å². The number of carbonyl (C=O) groups excluding carboxylic acids is 1. The molecule has 114 valence electrons. The van der Waals surface area contributed by atoms with Crippen LogP contribution in [0.15, 0.2) is 18.2 Å². The lowest BCUT2D eigenvalue weighted by Crippen LogP contribution is -2.48. The third kappa shape index (κ3) is 2.64. The molecule has 21 heavy (non-hydrogen) atoms. The summed E-state index contributed by atoms with van der Waals surface area (Å²) in [6.45, 7) is 5.81. The number of hydrogen-bond acceptors (Lipinski definition) is 3. The van der Waals surface area contributed by atoms with Gasteiger partial charge in [-0.2, -0.15) is 0 Å². The molecule has 4 heteroatoms. The maximum absolute atomic E-state index is 12.2. The third-order valence-electron chi connectivity index (χ3n) is 4.81. The Bertz CT molecular complexity index is 540. The first kappa shape index (κ1) is 14.4. The lowest BCUT2D eigenvalue weighted by Gasteiger charge is -2.40. The molecule has 1 saturated heterocycles. The van der Waals surface area contributed by atoms with Crippen molar-refractivity contribution in [3.8, 4) is 0 Å². The molecule has 0 aromatic heterocycles. The van der Waals surface area contributed by atoms with Crippen molar-refractivity contribution in [2.45, 2.75) is 38.8 Å². The molecular formula is C17H24N2O2. The number of carbonyl (C=O) groups is 1. The van der Waals surface area contributed by atoms with Crippen molar-refractivity contribution in [3.05, 3.63) is 29.3 Å². The summed E-state index contributed by atoms with van der Waals surface area (Å²) in [4.78, 5) is 14.6. The Balaban J connectivity index is 1.81. The van der Waals surface area contributed by atoms with Crippen LogP contribution in [0.2, 0.25) is 0 Å². The lowest BCUT2D eigenvalue weighted by molar-refractivity contribution is -0.00346. The summed E-state index contributed by atoms with van der Waals surface area (Å²) >= 11 is 0. The van der Waals surface area contributed by atoms with Gasteiger partial charge in [0.25, 0.3) is 5.91 Å². The minimum Gasteiger partial charge on any atom is -0.377 e. The van der Waals surface area contributed by atoms with E-state index in [-0.39, 0.29) is 11.9 Å². The van der Waals surface area contributed by atoms with Gasteiger partial charge in [0.2, 0.25) is 0 Å². The van der Waals surface area contributed by atoms with Gasteiger partial charge in [0.15, 0.2) is 0 Å². The predicted octanol–water partition coefficient (Wildman–Crippen LogP) is 2.22. The Kier molecular flexibility index (Phi) is 3.89. The van der Waals surface area contributed by atoms with Gasteiger partial charge in [0, 0.05) is 24.3 Å². The molecular weight excluding hydrogens is 264 g/mol. The zero-order valence-electron chi connectivity index (χ0n) is 13.1. The Morgan fingerprint density at radius 2 is 2.19 bits per heavy atom. The highest BCUT2D eigenvalue weighted by Gasteiger charge is 2.29. The van der Waals surface area contributed by atoms with Crippen LogP contribution in [0.25, 0.3) is 0 Å². The number of benzene rings is 1. The van der Waals surface area contributed by atoms with Gasteiger partial charge >= 0.3 is 0 Å². The molecule has 0 saturated carbocycles. The smallest absolute Gasteiger partial charge is 0.251 e. The maximum Gasteiger partial charge on any atom is 0.251 e. The van der Waals surface area contributed by atoms with Gasteiger partial charge in [-0.1, -0.05) is 13.8 Å². The van der Waals surface area contributed by atoms with Gasteiger partial charge in [-0.05, 0) is 42.5 Å². The van der Waals surface area contributed by atoms with Crippen LogP contribution in [0.3, 0.4) is 0 Å². The number of nitrogens with one attached hydrogen (secondary N) is 1. The lowest BCUT2D eigenvalue weighted by atomic mass is 9.85. The number of nitrogens with zero attached hydrogens (tertiary/aromatic N) is 1. The summed E-state index contributed by atoms with van der Waals surface area (Å²) < 4.78 is 5.09. The third-order valence-corrected chi connectivity index (χ3v) is 4.81. The average Bonchev–Trinajstić information content (AvgIpc) is 2.42. The molecule has 1 fully saturated rings. The molecule has 4 nitrogen and oxygen atoms in total. The molecule has 3 rings (SSSR count). The van der Waals surface area contributed by atoms with Crippen LogP contribution in [0, 0.1) is 5.92 Å². The Hall–Kier alpha value is -1.55. The molecule has 1 N–H and O–H groups in total. The number of rotatable bonds is 3. The molecule has 0 bridgehead atoms. The molecule has 2 aliphatic rings. The largest absolute Gasteiger partial charge is 0.377 e. The van der Waals surface area contributed by atoms with Crippen LogP contribution < -0.4 is 10.2 Å². The SMILES string of the molecule is CC[C@H]1C(C)Cc2cc(C(=O)NC3COC3)ccc2N1C. The average molecular weight is 288 g/mol. The fourth-order valence-corrected chi connectivity index (χ4v) is 3.54. The number of amides is 1. The van der Waals surface area contributed by atoms with Crippen LogP contribution in [0.4, 0.5) is 5.69 Å². The van der Waals surface area contributed by atoms with Crippen molar-refractivity contribution in [3.63, 3.8) is 0 Å². The molecule has 1 amide bonds. The molecule has 1 aromatic rings. The van der Waals surface area contributed by atoms with E-state index in [1.807, 2.05) is 6.07 Å². The van der Waals surface area contributed by atoms with Gasteiger partial charge in [-0.3, -0.25) is 4.79 Å². The van der Waals surface area contributed by atoms with Crippen LogP contribution in [0.1, 0.15) is 36.2 Å². The summed E-state index contributed by atoms with van der Waals surface area (Å²) in [6.07, 6.45) is 2.20. The highest BCUT2D eigenvalue weighted by Crippen LogP contribution is 2.34. The molecule has 1 unspecified atom stereocenters. The maximum atomic E-state index is 12.2. The van der Waals surface area contributed by atoms with E-state index in [1.165, 1.54) is 11.3 Å². The molecule has 0 aliphatic carbocycles. The number of ether oxygens (including phenoxy) is 1. The van der Waals surface area contributed by atoms with Crippen LogP contribution in [0.5, 0.6) is 0 Å². The highest BCUT2D eigenvalue weighted by molar-refractivity contribution is 5.95. The molecule has 0 radical (unpaired) electrons. The fourth-order valence-electron chi connectivity index (χ4n) is 3.54. The van der Waals surface area contributed by atoms with Crippen LogP contribution >= 0.6 is 0 Å². The van der Waals surface area contributed by atoms with E-state index in [9.17, 15) is 4.79 Å². The zero-order valence-corrected chi connectivity index (χ0v) is 13.1. The Morgan fingerprint density at radius 1 is 1.43 bits per heavy atom. The summed E-state index contributed by atoms with van der Waals surface area (Å²) in [6, 6.07) is 6.86. The van der Waals surface area contributed by atoms with Gasteiger partial charge < -0.3 is 15.0 Å². The molecule has 0 spiro atoms. The predicted molar refractivity (Wildman–Crippen MR) is 83.9 cm³/mol. The van der Waals surface area contributed by atoms with E-state index in [0.717, 1.165) is 18.4 Å². The Morgan fingerprint density at radius 3 is 2.81 bits per heavy atom. The van der Waals surface area contributed by atoms with Crippen molar-refractivity contribution in [2.24, 2.45) is 5.92 Å². The van der Waals surface area contributed by atoms with Crippen LogP contribution in [-0.4, -0.2) is 38.3 Å². The number of fused-ring (bicyclic) bond motifs is 1. The van der Waals surface area contributed by atoms with E-state index >= 15 is 0 Å². The summed E-state index contributed by atoms with van der Waals surface area (Å²) in [5.74, 6) is 0.630. The summed E-state index contributed by atoms with van der Waals surface area (Å²) in [7, 11) is 2.16. The second-order valence-corrected chi connectivity index (χ2v) is 6.32. The fraction of sp³-hybridized carbons (Fsp3) is 0.588. The summed E-state index contributed by atoms with van der Waals surface area (Å²) in [5, 5.41) is 3.00. The van der Waals surface area contributed by atoms with Crippen molar-refractivity contribution >= 4 is 11.6 Å². The summed E-state index contributed by atoms with van der Waals surface area (Å²) in [5.41, 5.74) is 3.31. The quantitative estimate of drug-likeness (QED) is 0.927. The second-order valence-electron chi connectivity index (χ2n) is 6.32. The van der Waals surface area contributed by atoms with Gasteiger partial charge in [0.05, 0.1) is 19.3 Å². The number of anilines is 1. The van der Waals surface area contributed by atoms with Gasteiger partial charge in [-0.15, -0.1) is 0 Å². The van der Waals surface area contributed by atoms with Crippen molar-refractivity contribution in [1.82, 2.24) is 5.32 Å².